The molecule has 0 saturated carbocycles. The van der Waals surface area contributed by atoms with E-state index in [-0.39, 0.29) is 22.8 Å². The van der Waals surface area contributed by atoms with Crippen molar-refractivity contribution in [2.75, 3.05) is 0 Å². The molecule has 0 saturated heterocycles. The molecule has 2 rings (SSSR count). The molecule has 4 heteroatoms. The quantitative estimate of drug-likeness (QED) is 0.583. The molecule has 4 nitrogen and oxygen atoms in total. The summed E-state index contributed by atoms with van der Waals surface area (Å²) in [5.74, 6) is -0.883. The van der Waals surface area contributed by atoms with Crippen LogP contribution in [0.3, 0.4) is 0 Å². The van der Waals surface area contributed by atoms with Gasteiger partial charge in [-0.2, -0.15) is 0 Å². The number of rotatable bonds is 3. The van der Waals surface area contributed by atoms with Crippen LogP contribution in [-0.4, -0.2) is 21.1 Å². The molecule has 96 valence electrons. The standard InChI is InChI=1S/C15H12O4/c16-11-7-4-10(5-8-11)6-9-14(19)15-12(17)2-1-3-13(15)18/h1-9,16-18H. The van der Waals surface area contributed by atoms with Crippen LogP contribution in [0.4, 0.5) is 0 Å². The minimum absolute atomic E-state index is 0.127. The number of benzene rings is 2. The van der Waals surface area contributed by atoms with Gasteiger partial charge in [-0.25, -0.2) is 0 Å². The monoisotopic (exact) mass is 256 g/mol. The van der Waals surface area contributed by atoms with Crippen LogP contribution in [0.15, 0.2) is 48.5 Å². The number of hydrogen-bond donors (Lipinski definition) is 3. The molecule has 0 bridgehead atoms. The van der Waals surface area contributed by atoms with E-state index in [2.05, 4.69) is 0 Å². The van der Waals surface area contributed by atoms with Crippen molar-refractivity contribution in [1.29, 1.82) is 0 Å². The van der Waals surface area contributed by atoms with E-state index >= 15 is 0 Å². The zero-order valence-corrected chi connectivity index (χ0v) is 9.95. The van der Waals surface area contributed by atoms with E-state index in [0.29, 0.717) is 0 Å². The molecule has 0 aromatic heterocycles. The number of allylic oxidation sites excluding steroid dienone is 1. The van der Waals surface area contributed by atoms with Crippen LogP contribution in [0, 0.1) is 0 Å². The largest absolute Gasteiger partial charge is 0.508 e. The van der Waals surface area contributed by atoms with Gasteiger partial charge in [0, 0.05) is 0 Å². The van der Waals surface area contributed by atoms with Gasteiger partial charge in [0.25, 0.3) is 0 Å². The van der Waals surface area contributed by atoms with E-state index in [0.717, 1.165) is 5.56 Å². The van der Waals surface area contributed by atoms with Gasteiger partial charge in [0.05, 0.1) is 0 Å². The summed E-state index contributed by atoms with van der Waals surface area (Å²) in [4.78, 5) is 11.9. The fourth-order valence-electron chi connectivity index (χ4n) is 1.62. The number of phenolic OH excluding ortho intramolecular Hbond substituents is 3. The summed E-state index contributed by atoms with van der Waals surface area (Å²) in [6.07, 6.45) is 2.79. The lowest BCUT2D eigenvalue weighted by Crippen LogP contribution is -1.95. The maximum atomic E-state index is 11.9. The zero-order chi connectivity index (χ0) is 13.8. The van der Waals surface area contributed by atoms with Gasteiger partial charge in [-0.15, -0.1) is 0 Å². The predicted molar refractivity (Wildman–Crippen MR) is 71.2 cm³/mol. The Morgan fingerprint density at radius 2 is 1.47 bits per heavy atom. The molecule has 3 N–H and O–H groups in total. The maximum Gasteiger partial charge on any atom is 0.193 e. The van der Waals surface area contributed by atoms with Gasteiger partial charge in [-0.1, -0.05) is 24.3 Å². The van der Waals surface area contributed by atoms with Crippen LogP contribution in [0.2, 0.25) is 0 Å². The second-order valence-corrected chi connectivity index (χ2v) is 3.96. The molecule has 2 aromatic rings. The molecular formula is C15H12O4. The number of aromatic hydroxyl groups is 3. The first-order valence-corrected chi connectivity index (χ1v) is 5.60. The molecule has 0 aliphatic heterocycles. The van der Waals surface area contributed by atoms with E-state index in [1.165, 1.54) is 42.5 Å². The highest BCUT2D eigenvalue weighted by Crippen LogP contribution is 2.27. The average Bonchev–Trinajstić information content (AvgIpc) is 2.38. The number of carbonyl (C=O) groups is 1. The van der Waals surface area contributed by atoms with E-state index in [1.807, 2.05) is 0 Å². The van der Waals surface area contributed by atoms with Crippen LogP contribution in [0.1, 0.15) is 15.9 Å². The Labute approximate surface area is 109 Å². The maximum absolute atomic E-state index is 11.9. The second-order valence-electron chi connectivity index (χ2n) is 3.96. The van der Waals surface area contributed by atoms with Crippen molar-refractivity contribution in [3.8, 4) is 17.2 Å². The average molecular weight is 256 g/mol. The van der Waals surface area contributed by atoms with Crippen molar-refractivity contribution >= 4 is 11.9 Å². The van der Waals surface area contributed by atoms with Crippen molar-refractivity contribution in [2.45, 2.75) is 0 Å². The fourth-order valence-corrected chi connectivity index (χ4v) is 1.62. The van der Waals surface area contributed by atoms with Crippen LogP contribution >= 0.6 is 0 Å². The molecule has 0 radical (unpaired) electrons. The first kappa shape index (κ1) is 12.7. The molecule has 0 unspecified atom stereocenters. The molecule has 0 fully saturated rings. The smallest absolute Gasteiger partial charge is 0.193 e. The summed E-state index contributed by atoms with van der Waals surface area (Å²) in [6.45, 7) is 0. The van der Waals surface area contributed by atoms with Crippen molar-refractivity contribution in [3.05, 3.63) is 59.7 Å². The lowest BCUT2D eigenvalue weighted by atomic mass is 10.1. The molecule has 19 heavy (non-hydrogen) atoms. The third kappa shape index (κ3) is 2.93. The topological polar surface area (TPSA) is 77.8 Å². The van der Waals surface area contributed by atoms with E-state index in [9.17, 15) is 15.0 Å². The highest BCUT2D eigenvalue weighted by molar-refractivity contribution is 6.10. The number of ketones is 1. The Morgan fingerprint density at radius 3 is 2.05 bits per heavy atom. The molecule has 0 aliphatic carbocycles. The minimum Gasteiger partial charge on any atom is -0.508 e. The van der Waals surface area contributed by atoms with Gasteiger partial charge in [-0.05, 0) is 35.9 Å². The Kier molecular flexibility index (Phi) is 3.52. The fraction of sp³-hybridized carbons (Fsp3) is 0. The summed E-state index contributed by atoms with van der Waals surface area (Å²) in [5, 5.41) is 28.2. The third-order valence-electron chi connectivity index (χ3n) is 2.59. The summed E-state index contributed by atoms with van der Waals surface area (Å²) in [5.41, 5.74) is 0.596. The van der Waals surface area contributed by atoms with Crippen molar-refractivity contribution in [2.24, 2.45) is 0 Å². The van der Waals surface area contributed by atoms with Crippen LogP contribution < -0.4 is 0 Å². The molecule has 0 spiro atoms. The molecule has 0 amide bonds. The highest BCUT2D eigenvalue weighted by Gasteiger charge is 2.12. The summed E-state index contributed by atoms with van der Waals surface area (Å²) in [6, 6.07) is 10.4. The molecule has 2 aromatic carbocycles. The summed E-state index contributed by atoms with van der Waals surface area (Å²) < 4.78 is 0. The van der Waals surface area contributed by atoms with Crippen LogP contribution in [0.5, 0.6) is 17.2 Å². The lowest BCUT2D eigenvalue weighted by molar-refractivity contribution is 0.104. The highest BCUT2D eigenvalue weighted by atomic mass is 16.3. The summed E-state index contributed by atoms with van der Waals surface area (Å²) in [7, 11) is 0. The first-order chi connectivity index (χ1) is 9.08. The number of phenols is 3. The van der Waals surface area contributed by atoms with Gasteiger partial charge in [0.2, 0.25) is 0 Å². The SMILES string of the molecule is O=C(C=Cc1ccc(O)cc1)c1c(O)cccc1O. The van der Waals surface area contributed by atoms with Crippen LogP contribution in [-0.2, 0) is 0 Å². The van der Waals surface area contributed by atoms with Crippen molar-refractivity contribution in [3.63, 3.8) is 0 Å². The van der Waals surface area contributed by atoms with Crippen molar-refractivity contribution in [1.82, 2.24) is 0 Å². The lowest BCUT2D eigenvalue weighted by Gasteiger charge is -2.02. The van der Waals surface area contributed by atoms with Gasteiger partial charge >= 0.3 is 0 Å². The van der Waals surface area contributed by atoms with Gasteiger partial charge in [-0.3, -0.25) is 4.79 Å². The number of carbonyl (C=O) groups excluding carboxylic acids is 1. The Hall–Kier alpha value is -2.75. The van der Waals surface area contributed by atoms with Gasteiger partial charge in [0.15, 0.2) is 5.78 Å². The van der Waals surface area contributed by atoms with Crippen molar-refractivity contribution < 1.29 is 20.1 Å². The summed E-state index contributed by atoms with van der Waals surface area (Å²) >= 11 is 0. The predicted octanol–water partition coefficient (Wildman–Crippen LogP) is 2.70. The normalized spacial score (nSPS) is 10.7. The van der Waals surface area contributed by atoms with Gasteiger partial charge < -0.3 is 15.3 Å². The van der Waals surface area contributed by atoms with Crippen LogP contribution in [0.25, 0.3) is 6.08 Å². The Bertz CT molecular complexity index is 607. The Morgan fingerprint density at radius 1 is 0.895 bits per heavy atom. The Balaban J connectivity index is 2.24. The molecular weight excluding hydrogens is 244 g/mol. The first-order valence-electron chi connectivity index (χ1n) is 5.60. The molecule has 0 aliphatic rings. The van der Waals surface area contributed by atoms with E-state index in [4.69, 9.17) is 5.11 Å². The molecule has 0 heterocycles. The number of hydrogen-bond acceptors (Lipinski definition) is 4. The van der Waals surface area contributed by atoms with E-state index < -0.39 is 5.78 Å². The second kappa shape index (κ2) is 5.27. The van der Waals surface area contributed by atoms with E-state index in [1.54, 1.807) is 12.1 Å². The minimum atomic E-state index is -0.497. The molecule has 0 atom stereocenters. The zero-order valence-electron chi connectivity index (χ0n) is 9.95. The van der Waals surface area contributed by atoms with Gasteiger partial charge in [0.1, 0.15) is 22.8 Å². The third-order valence-corrected chi connectivity index (χ3v) is 2.59.